The van der Waals surface area contributed by atoms with Gasteiger partial charge in [-0.2, -0.15) is 0 Å². The minimum Gasteiger partial charge on any atom is -0.385 e. The van der Waals surface area contributed by atoms with Gasteiger partial charge in [0.2, 0.25) is 0 Å². The van der Waals surface area contributed by atoms with Crippen LogP contribution in [0, 0.1) is 0 Å². The zero-order valence-electron chi connectivity index (χ0n) is 8.72. The lowest BCUT2D eigenvalue weighted by molar-refractivity contribution is 0.194. The van der Waals surface area contributed by atoms with E-state index in [9.17, 15) is 0 Å². The van der Waals surface area contributed by atoms with Crippen molar-refractivity contribution in [1.82, 2.24) is 5.32 Å². The Labute approximate surface area is 101 Å². The van der Waals surface area contributed by atoms with Gasteiger partial charge in [-0.05, 0) is 36.7 Å². The summed E-state index contributed by atoms with van der Waals surface area (Å²) in [6, 6.07) is 5.49. The van der Waals surface area contributed by atoms with E-state index in [0.29, 0.717) is 5.02 Å². The summed E-state index contributed by atoms with van der Waals surface area (Å²) >= 11 is 11.9. The van der Waals surface area contributed by atoms with Gasteiger partial charge in [-0.25, -0.2) is 0 Å². The molecule has 15 heavy (non-hydrogen) atoms. The summed E-state index contributed by atoms with van der Waals surface area (Å²) < 4.78 is 4.95. The Hall–Kier alpha value is -0.280. The number of halogens is 2. The summed E-state index contributed by atoms with van der Waals surface area (Å²) in [5.41, 5.74) is 1.03. The van der Waals surface area contributed by atoms with Crippen molar-refractivity contribution >= 4 is 23.2 Å². The standard InChI is InChI=1S/C11H15Cl2NO/c1-15-6-2-5-14-8-9-7-10(12)3-4-11(9)13/h3-4,7,14H,2,5-6,8H2,1H3. The Balaban J connectivity index is 2.33. The van der Waals surface area contributed by atoms with Crippen LogP contribution in [-0.2, 0) is 11.3 Å². The average Bonchev–Trinajstić information content (AvgIpc) is 2.23. The third-order valence-corrected chi connectivity index (χ3v) is 2.63. The number of hydrogen-bond acceptors (Lipinski definition) is 2. The summed E-state index contributed by atoms with van der Waals surface area (Å²) in [6.07, 6.45) is 0.995. The van der Waals surface area contributed by atoms with E-state index in [4.69, 9.17) is 27.9 Å². The van der Waals surface area contributed by atoms with Gasteiger partial charge < -0.3 is 10.1 Å². The first-order valence-electron chi connectivity index (χ1n) is 4.87. The Morgan fingerprint density at radius 2 is 2.13 bits per heavy atom. The molecular formula is C11H15Cl2NO. The lowest BCUT2D eigenvalue weighted by Gasteiger charge is -2.06. The average molecular weight is 248 g/mol. The third kappa shape index (κ3) is 4.85. The van der Waals surface area contributed by atoms with Crippen LogP contribution in [0.25, 0.3) is 0 Å². The molecule has 0 bridgehead atoms. The molecule has 2 nitrogen and oxygen atoms in total. The van der Waals surface area contributed by atoms with Gasteiger partial charge in [0.15, 0.2) is 0 Å². The maximum absolute atomic E-state index is 6.01. The second kappa shape index (κ2) is 7.07. The van der Waals surface area contributed by atoms with E-state index >= 15 is 0 Å². The highest BCUT2D eigenvalue weighted by Gasteiger charge is 2.00. The van der Waals surface area contributed by atoms with E-state index < -0.39 is 0 Å². The molecule has 0 fully saturated rings. The number of methoxy groups -OCH3 is 1. The van der Waals surface area contributed by atoms with Gasteiger partial charge in [0.1, 0.15) is 0 Å². The zero-order chi connectivity index (χ0) is 11.1. The fraction of sp³-hybridized carbons (Fsp3) is 0.455. The van der Waals surface area contributed by atoms with Gasteiger partial charge in [-0.1, -0.05) is 23.2 Å². The second-order valence-electron chi connectivity index (χ2n) is 3.26. The van der Waals surface area contributed by atoms with Crippen LogP contribution in [0.2, 0.25) is 10.0 Å². The Bertz CT molecular complexity index is 305. The summed E-state index contributed by atoms with van der Waals surface area (Å²) in [7, 11) is 1.70. The fourth-order valence-corrected chi connectivity index (χ4v) is 1.62. The molecule has 1 aromatic carbocycles. The highest BCUT2D eigenvalue weighted by Crippen LogP contribution is 2.20. The number of benzene rings is 1. The van der Waals surface area contributed by atoms with Gasteiger partial charge in [-0.15, -0.1) is 0 Å². The van der Waals surface area contributed by atoms with E-state index in [1.165, 1.54) is 0 Å². The SMILES string of the molecule is COCCCNCc1cc(Cl)ccc1Cl. The lowest BCUT2D eigenvalue weighted by Crippen LogP contribution is -2.16. The van der Waals surface area contributed by atoms with Crippen LogP contribution in [0.1, 0.15) is 12.0 Å². The highest BCUT2D eigenvalue weighted by molar-refractivity contribution is 6.33. The number of nitrogens with one attached hydrogen (secondary N) is 1. The molecule has 0 aliphatic carbocycles. The van der Waals surface area contributed by atoms with Crippen molar-refractivity contribution in [3.63, 3.8) is 0 Å². The smallest absolute Gasteiger partial charge is 0.0474 e. The van der Waals surface area contributed by atoms with Gasteiger partial charge in [-0.3, -0.25) is 0 Å². The van der Waals surface area contributed by atoms with Crippen molar-refractivity contribution in [3.8, 4) is 0 Å². The molecule has 0 unspecified atom stereocenters. The Morgan fingerprint density at radius 3 is 2.87 bits per heavy atom. The lowest BCUT2D eigenvalue weighted by atomic mass is 10.2. The third-order valence-electron chi connectivity index (χ3n) is 2.03. The van der Waals surface area contributed by atoms with Crippen molar-refractivity contribution < 1.29 is 4.74 Å². The fourth-order valence-electron chi connectivity index (χ4n) is 1.24. The molecule has 0 saturated carbocycles. The molecule has 0 aliphatic rings. The molecule has 84 valence electrons. The van der Waals surface area contributed by atoms with Crippen molar-refractivity contribution in [2.75, 3.05) is 20.3 Å². The van der Waals surface area contributed by atoms with Gasteiger partial charge in [0.25, 0.3) is 0 Å². The molecule has 1 rings (SSSR count). The van der Waals surface area contributed by atoms with E-state index in [1.54, 1.807) is 13.2 Å². The summed E-state index contributed by atoms with van der Waals surface area (Å²) in [5, 5.41) is 4.75. The highest BCUT2D eigenvalue weighted by atomic mass is 35.5. The van der Waals surface area contributed by atoms with Crippen LogP contribution < -0.4 is 5.32 Å². The minimum atomic E-state index is 0.716. The van der Waals surface area contributed by atoms with Crippen LogP contribution in [0.4, 0.5) is 0 Å². The molecule has 0 spiro atoms. The maximum Gasteiger partial charge on any atom is 0.0474 e. The van der Waals surface area contributed by atoms with Gasteiger partial charge in [0, 0.05) is 30.3 Å². The zero-order valence-corrected chi connectivity index (χ0v) is 10.2. The van der Waals surface area contributed by atoms with Crippen molar-refractivity contribution in [2.45, 2.75) is 13.0 Å². The topological polar surface area (TPSA) is 21.3 Å². The summed E-state index contributed by atoms with van der Waals surface area (Å²) in [4.78, 5) is 0. The Kier molecular flexibility index (Phi) is 6.03. The van der Waals surface area contributed by atoms with Gasteiger partial charge in [0.05, 0.1) is 0 Å². The van der Waals surface area contributed by atoms with E-state index in [0.717, 1.165) is 36.7 Å². The Morgan fingerprint density at radius 1 is 1.33 bits per heavy atom. The van der Waals surface area contributed by atoms with Crippen molar-refractivity contribution in [2.24, 2.45) is 0 Å². The van der Waals surface area contributed by atoms with Crippen LogP contribution in [-0.4, -0.2) is 20.3 Å². The molecule has 0 heterocycles. The predicted octanol–water partition coefficient (Wildman–Crippen LogP) is 3.12. The second-order valence-corrected chi connectivity index (χ2v) is 4.10. The van der Waals surface area contributed by atoms with E-state index in [2.05, 4.69) is 5.32 Å². The first-order valence-corrected chi connectivity index (χ1v) is 5.63. The molecule has 0 aromatic heterocycles. The molecule has 4 heteroatoms. The summed E-state index contributed by atoms with van der Waals surface area (Å²) in [6.45, 7) is 2.43. The van der Waals surface area contributed by atoms with Crippen LogP contribution in [0.15, 0.2) is 18.2 Å². The van der Waals surface area contributed by atoms with E-state index in [1.807, 2.05) is 12.1 Å². The van der Waals surface area contributed by atoms with Crippen LogP contribution in [0.5, 0.6) is 0 Å². The quantitative estimate of drug-likeness (QED) is 0.781. The largest absolute Gasteiger partial charge is 0.385 e. The number of ether oxygens (including phenoxy) is 1. The first-order chi connectivity index (χ1) is 7.24. The molecule has 0 atom stereocenters. The first kappa shape index (κ1) is 12.8. The maximum atomic E-state index is 6.01. The number of rotatable bonds is 6. The normalized spacial score (nSPS) is 10.6. The summed E-state index contributed by atoms with van der Waals surface area (Å²) in [5.74, 6) is 0. The van der Waals surface area contributed by atoms with Gasteiger partial charge >= 0.3 is 0 Å². The molecule has 0 saturated heterocycles. The minimum absolute atomic E-state index is 0.716. The molecule has 0 radical (unpaired) electrons. The van der Waals surface area contributed by atoms with Crippen molar-refractivity contribution in [1.29, 1.82) is 0 Å². The van der Waals surface area contributed by atoms with Crippen molar-refractivity contribution in [3.05, 3.63) is 33.8 Å². The van der Waals surface area contributed by atoms with Crippen LogP contribution >= 0.6 is 23.2 Å². The molecular weight excluding hydrogens is 233 g/mol. The molecule has 0 amide bonds. The monoisotopic (exact) mass is 247 g/mol. The number of hydrogen-bond donors (Lipinski definition) is 1. The van der Waals surface area contributed by atoms with E-state index in [-0.39, 0.29) is 0 Å². The molecule has 1 aromatic rings. The molecule has 0 aliphatic heterocycles. The predicted molar refractivity (Wildman–Crippen MR) is 64.7 cm³/mol. The molecule has 1 N–H and O–H groups in total. The van der Waals surface area contributed by atoms with Crippen LogP contribution in [0.3, 0.4) is 0 Å².